The first kappa shape index (κ1) is 23.6. The monoisotopic (exact) mass is 532 g/mol. The fraction of sp³-hybridized carbons (Fsp3) is 0.0952. The van der Waals surface area contributed by atoms with Crippen LogP contribution in [0.15, 0.2) is 48.0 Å². The molecule has 0 aliphatic rings. The van der Waals surface area contributed by atoms with E-state index in [4.69, 9.17) is 16.3 Å². The molecule has 36 heavy (non-hydrogen) atoms. The van der Waals surface area contributed by atoms with Gasteiger partial charge in [0.2, 0.25) is 5.88 Å². The second kappa shape index (κ2) is 8.80. The largest absolute Gasteiger partial charge is 0.480 e. The van der Waals surface area contributed by atoms with Crippen LogP contribution in [0.25, 0.3) is 28.3 Å². The second-order valence-electron chi connectivity index (χ2n) is 7.47. The molecule has 5 rings (SSSR count). The maximum Gasteiger partial charge on any atom is 0.267 e. The zero-order valence-electron chi connectivity index (χ0n) is 18.5. The quantitative estimate of drug-likeness (QED) is 0.338. The Kier molecular flexibility index (Phi) is 5.76. The van der Waals surface area contributed by atoms with Crippen LogP contribution in [0.3, 0.4) is 0 Å². The third kappa shape index (κ3) is 4.09. The predicted molar refractivity (Wildman–Crippen MR) is 125 cm³/mol. The van der Waals surface area contributed by atoms with Crippen molar-refractivity contribution in [2.75, 3.05) is 11.8 Å². The van der Waals surface area contributed by atoms with Crippen molar-refractivity contribution in [2.45, 2.75) is 11.8 Å². The van der Waals surface area contributed by atoms with Gasteiger partial charge in [0, 0.05) is 12.4 Å². The minimum atomic E-state index is -4.41. The van der Waals surface area contributed by atoms with Gasteiger partial charge in [0.05, 0.1) is 40.8 Å². The van der Waals surface area contributed by atoms with Crippen LogP contribution in [0.5, 0.6) is 5.88 Å². The number of aryl methyl sites for hydroxylation is 1. The molecular weight excluding hydrogens is 518 g/mol. The first-order valence-corrected chi connectivity index (χ1v) is 12.0. The number of fused-ring (bicyclic) bond motifs is 1. The number of rotatable bonds is 6. The molecule has 0 atom stereocenters. The lowest BCUT2D eigenvalue weighted by Gasteiger charge is -2.14. The zero-order valence-corrected chi connectivity index (χ0v) is 20.1. The number of H-pyrrole nitrogens is 1. The molecule has 0 radical (unpaired) electrons. The van der Waals surface area contributed by atoms with Gasteiger partial charge in [-0.3, -0.25) is 9.71 Å². The normalized spacial score (nSPS) is 11.7. The molecule has 0 bridgehead atoms. The Hall–Kier alpha value is -4.17. The van der Waals surface area contributed by atoms with Gasteiger partial charge >= 0.3 is 0 Å². The Morgan fingerprint density at radius 3 is 2.67 bits per heavy atom. The SMILES string of the molecule is COc1ncc(Cl)cc1S(=O)(=O)Nc1ccc(F)c(-c2cn3cnc(-c4nnc(C)[nH]4)c3cn2)c1F. The van der Waals surface area contributed by atoms with E-state index in [0.717, 1.165) is 18.2 Å². The first-order valence-electron chi connectivity index (χ1n) is 10.1. The zero-order chi connectivity index (χ0) is 25.6. The molecule has 0 aliphatic carbocycles. The lowest BCUT2D eigenvalue weighted by atomic mass is 10.1. The van der Waals surface area contributed by atoms with Gasteiger partial charge in [-0.2, -0.15) is 0 Å². The number of hydrogen-bond acceptors (Lipinski definition) is 8. The number of nitrogens with one attached hydrogen (secondary N) is 2. The fourth-order valence-corrected chi connectivity index (χ4v) is 4.91. The maximum atomic E-state index is 15.5. The van der Waals surface area contributed by atoms with Crippen molar-refractivity contribution in [3.63, 3.8) is 0 Å². The van der Waals surface area contributed by atoms with Crippen LogP contribution in [0.4, 0.5) is 14.5 Å². The molecule has 184 valence electrons. The molecule has 0 saturated heterocycles. The van der Waals surface area contributed by atoms with Gasteiger partial charge in [-0.25, -0.2) is 27.2 Å². The number of pyridine rings is 1. The molecule has 0 saturated carbocycles. The van der Waals surface area contributed by atoms with Crippen molar-refractivity contribution < 1.29 is 21.9 Å². The van der Waals surface area contributed by atoms with Crippen LogP contribution >= 0.6 is 11.6 Å². The van der Waals surface area contributed by atoms with E-state index >= 15 is 4.39 Å². The summed E-state index contributed by atoms with van der Waals surface area (Å²) in [6, 6.07) is 2.97. The van der Waals surface area contributed by atoms with Crippen LogP contribution in [0, 0.1) is 18.6 Å². The van der Waals surface area contributed by atoms with Crippen LogP contribution in [0.1, 0.15) is 5.82 Å². The van der Waals surface area contributed by atoms with Crippen LogP contribution in [-0.4, -0.2) is 50.1 Å². The van der Waals surface area contributed by atoms with Crippen molar-refractivity contribution in [2.24, 2.45) is 0 Å². The van der Waals surface area contributed by atoms with E-state index in [2.05, 4.69) is 34.9 Å². The number of aromatic nitrogens is 7. The van der Waals surface area contributed by atoms with E-state index in [-0.39, 0.29) is 16.6 Å². The molecule has 0 fully saturated rings. The number of sulfonamides is 1. The van der Waals surface area contributed by atoms with Crippen molar-refractivity contribution in [3.05, 3.63) is 65.6 Å². The summed E-state index contributed by atoms with van der Waals surface area (Å²) in [6.07, 6.45) is 5.35. The van der Waals surface area contributed by atoms with Gasteiger partial charge in [-0.15, -0.1) is 10.2 Å². The number of anilines is 1. The second-order valence-corrected chi connectivity index (χ2v) is 9.55. The van der Waals surface area contributed by atoms with Gasteiger partial charge in [-0.05, 0) is 25.1 Å². The average Bonchev–Trinajstić information content (AvgIpc) is 3.46. The van der Waals surface area contributed by atoms with E-state index < -0.39 is 37.8 Å². The summed E-state index contributed by atoms with van der Waals surface area (Å²) in [5.74, 6) is -1.38. The molecule has 15 heteroatoms. The van der Waals surface area contributed by atoms with E-state index in [1.807, 2.05) is 0 Å². The van der Waals surface area contributed by atoms with Gasteiger partial charge in [0.1, 0.15) is 23.7 Å². The molecule has 1 aromatic carbocycles. The van der Waals surface area contributed by atoms with E-state index in [1.54, 1.807) is 6.92 Å². The summed E-state index contributed by atoms with van der Waals surface area (Å²) in [5.41, 5.74) is -0.203. The summed E-state index contributed by atoms with van der Waals surface area (Å²) in [6.45, 7) is 1.73. The molecule has 0 amide bonds. The van der Waals surface area contributed by atoms with Crippen LogP contribution in [0.2, 0.25) is 5.02 Å². The number of ether oxygens (including phenoxy) is 1. The lowest BCUT2D eigenvalue weighted by molar-refractivity contribution is 0.385. The summed E-state index contributed by atoms with van der Waals surface area (Å²) >= 11 is 5.87. The highest BCUT2D eigenvalue weighted by Crippen LogP contribution is 2.33. The number of nitrogens with zero attached hydrogens (tertiary/aromatic N) is 6. The molecule has 4 aromatic heterocycles. The number of aromatic amines is 1. The van der Waals surface area contributed by atoms with E-state index in [0.29, 0.717) is 22.9 Å². The minimum Gasteiger partial charge on any atom is -0.480 e. The molecule has 0 aliphatic heterocycles. The van der Waals surface area contributed by atoms with E-state index in [9.17, 15) is 12.8 Å². The highest BCUT2D eigenvalue weighted by Gasteiger charge is 2.25. The van der Waals surface area contributed by atoms with Crippen LogP contribution < -0.4 is 9.46 Å². The maximum absolute atomic E-state index is 15.5. The van der Waals surface area contributed by atoms with E-state index in [1.165, 1.54) is 36.4 Å². The van der Waals surface area contributed by atoms with Gasteiger partial charge in [0.15, 0.2) is 16.5 Å². The van der Waals surface area contributed by atoms with Gasteiger partial charge in [-0.1, -0.05) is 11.6 Å². The van der Waals surface area contributed by atoms with Crippen molar-refractivity contribution in [1.29, 1.82) is 0 Å². The third-order valence-electron chi connectivity index (χ3n) is 5.10. The number of benzene rings is 1. The predicted octanol–water partition coefficient (Wildman–Crippen LogP) is 3.63. The topological polar surface area (TPSA) is 140 Å². The van der Waals surface area contributed by atoms with Crippen molar-refractivity contribution in [1.82, 2.24) is 34.5 Å². The van der Waals surface area contributed by atoms with Crippen molar-refractivity contribution in [3.8, 4) is 28.7 Å². The fourth-order valence-electron chi connectivity index (χ4n) is 3.48. The molecular formula is C21H15ClF2N8O3S. The molecule has 0 unspecified atom stereocenters. The Labute approximate surface area is 207 Å². The number of imidazole rings is 1. The highest BCUT2D eigenvalue weighted by atomic mass is 35.5. The highest BCUT2D eigenvalue weighted by molar-refractivity contribution is 7.92. The Bertz CT molecular complexity index is 1740. The lowest BCUT2D eigenvalue weighted by Crippen LogP contribution is -2.16. The Morgan fingerprint density at radius 2 is 1.94 bits per heavy atom. The Balaban J connectivity index is 1.55. The molecule has 2 N–H and O–H groups in total. The molecule has 4 heterocycles. The summed E-state index contributed by atoms with van der Waals surface area (Å²) in [7, 11) is -3.19. The standard InChI is InChI=1S/C21H15ClF2N8O3S/c1-10-28-20(30-29-10)19-15-7-25-14(8-32(15)9-27-19)17-12(23)3-4-13(18(17)24)31-36(33,34)16-5-11(22)6-26-21(16)35-2/h3-9,31H,1-2H3,(H,28,29,30). The summed E-state index contributed by atoms with van der Waals surface area (Å²) in [4.78, 5) is 14.8. The van der Waals surface area contributed by atoms with Gasteiger partial charge in [0.25, 0.3) is 10.0 Å². The number of methoxy groups -OCH3 is 1. The van der Waals surface area contributed by atoms with Crippen LogP contribution in [-0.2, 0) is 10.0 Å². The Morgan fingerprint density at radius 1 is 1.14 bits per heavy atom. The summed E-state index contributed by atoms with van der Waals surface area (Å²) in [5, 5.41) is 7.91. The number of hydrogen-bond donors (Lipinski definition) is 2. The first-order chi connectivity index (χ1) is 17.2. The average molecular weight is 533 g/mol. The minimum absolute atomic E-state index is 0.0223. The molecule has 5 aromatic rings. The third-order valence-corrected chi connectivity index (χ3v) is 6.67. The summed E-state index contributed by atoms with van der Waals surface area (Å²) < 4.78 is 64.7. The molecule has 11 nitrogen and oxygen atoms in total. The van der Waals surface area contributed by atoms with Gasteiger partial charge < -0.3 is 14.1 Å². The van der Waals surface area contributed by atoms with Crippen molar-refractivity contribution >= 4 is 32.8 Å². The smallest absolute Gasteiger partial charge is 0.267 e. The number of halogens is 3. The molecule has 0 spiro atoms.